The lowest BCUT2D eigenvalue weighted by molar-refractivity contribution is 0.0984. The molecule has 0 N–H and O–H groups in total. The van der Waals surface area contributed by atoms with E-state index >= 15 is 0 Å². The standard InChI is InChI=1S/C21H24N2O3S/c1-16-7-2-3-9-19(16)21(24)23-14-6-8-17-15-18(10-11-20(17)23)27(25,26)22-12-4-5-13-22/h2-3,7,9-11,15H,4-6,8,12-14H2,1H3. The second-order valence-electron chi connectivity index (χ2n) is 7.28. The first-order chi connectivity index (χ1) is 13.0. The van der Waals surface area contributed by atoms with Crippen molar-refractivity contribution in [3.8, 4) is 0 Å². The summed E-state index contributed by atoms with van der Waals surface area (Å²) in [5, 5.41) is 0. The van der Waals surface area contributed by atoms with Crippen LogP contribution < -0.4 is 4.90 Å². The van der Waals surface area contributed by atoms with E-state index in [4.69, 9.17) is 0 Å². The summed E-state index contributed by atoms with van der Waals surface area (Å²) in [4.78, 5) is 15.2. The van der Waals surface area contributed by atoms with E-state index in [0.717, 1.165) is 42.5 Å². The van der Waals surface area contributed by atoms with Gasteiger partial charge in [-0.05, 0) is 68.0 Å². The second-order valence-corrected chi connectivity index (χ2v) is 9.21. The number of amides is 1. The van der Waals surface area contributed by atoms with Gasteiger partial charge in [0.15, 0.2) is 0 Å². The van der Waals surface area contributed by atoms with Crippen LogP contribution in [0, 0.1) is 6.92 Å². The summed E-state index contributed by atoms with van der Waals surface area (Å²) in [5.41, 5.74) is 3.40. The van der Waals surface area contributed by atoms with Crippen LogP contribution in [-0.4, -0.2) is 38.3 Å². The van der Waals surface area contributed by atoms with Gasteiger partial charge in [0, 0.05) is 30.9 Å². The average Bonchev–Trinajstić information content (AvgIpc) is 3.22. The highest BCUT2D eigenvalue weighted by molar-refractivity contribution is 7.89. The van der Waals surface area contributed by atoms with Crippen LogP contribution >= 0.6 is 0 Å². The molecular formula is C21H24N2O3S. The Labute approximate surface area is 160 Å². The quantitative estimate of drug-likeness (QED) is 0.815. The topological polar surface area (TPSA) is 57.7 Å². The van der Waals surface area contributed by atoms with Gasteiger partial charge in [-0.2, -0.15) is 4.31 Å². The third-order valence-electron chi connectivity index (χ3n) is 5.49. The van der Waals surface area contributed by atoms with Gasteiger partial charge >= 0.3 is 0 Å². The molecule has 0 saturated carbocycles. The summed E-state index contributed by atoms with van der Waals surface area (Å²) < 4.78 is 27.3. The normalized spacial score (nSPS) is 17.7. The molecule has 1 saturated heterocycles. The molecule has 1 amide bonds. The lowest BCUT2D eigenvalue weighted by Crippen LogP contribution is -2.36. The summed E-state index contributed by atoms with van der Waals surface area (Å²) in [5.74, 6) is -0.0239. The summed E-state index contributed by atoms with van der Waals surface area (Å²) in [6, 6.07) is 12.8. The number of hydrogen-bond acceptors (Lipinski definition) is 3. The minimum Gasteiger partial charge on any atom is -0.308 e. The number of hydrogen-bond donors (Lipinski definition) is 0. The van der Waals surface area contributed by atoms with Crippen molar-refractivity contribution in [2.24, 2.45) is 0 Å². The molecule has 0 atom stereocenters. The maximum Gasteiger partial charge on any atom is 0.258 e. The monoisotopic (exact) mass is 384 g/mol. The minimum absolute atomic E-state index is 0.0239. The molecule has 2 aliphatic rings. The number of carbonyl (C=O) groups excluding carboxylic acids is 1. The van der Waals surface area contributed by atoms with Crippen molar-refractivity contribution in [3.63, 3.8) is 0 Å². The van der Waals surface area contributed by atoms with E-state index in [1.807, 2.05) is 31.2 Å². The Morgan fingerprint density at radius 3 is 2.44 bits per heavy atom. The highest BCUT2D eigenvalue weighted by Gasteiger charge is 2.30. The number of anilines is 1. The maximum absolute atomic E-state index is 13.1. The third kappa shape index (κ3) is 3.28. The van der Waals surface area contributed by atoms with Gasteiger partial charge in [0.2, 0.25) is 10.0 Å². The second kappa shape index (κ2) is 7.09. The molecular weight excluding hydrogens is 360 g/mol. The molecule has 0 aliphatic carbocycles. The first-order valence-electron chi connectivity index (χ1n) is 9.49. The lowest BCUT2D eigenvalue weighted by Gasteiger charge is -2.30. The molecule has 6 heteroatoms. The SMILES string of the molecule is Cc1ccccc1C(=O)N1CCCc2cc(S(=O)(=O)N3CCCC3)ccc21. The molecule has 1 fully saturated rings. The van der Waals surface area contributed by atoms with E-state index in [1.165, 1.54) is 0 Å². The number of sulfonamides is 1. The highest BCUT2D eigenvalue weighted by Crippen LogP contribution is 2.32. The van der Waals surface area contributed by atoms with Gasteiger partial charge in [0.05, 0.1) is 4.90 Å². The fourth-order valence-corrected chi connectivity index (χ4v) is 5.55. The summed E-state index contributed by atoms with van der Waals surface area (Å²) in [6.45, 7) is 3.77. The number of aryl methyl sites for hydroxylation is 2. The fourth-order valence-electron chi connectivity index (χ4n) is 3.98. The fraction of sp³-hybridized carbons (Fsp3) is 0.381. The molecule has 2 aromatic rings. The predicted octanol–water partition coefficient (Wildman–Crippen LogP) is 3.37. The Bertz CT molecular complexity index is 979. The van der Waals surface area contributed by atoms with Crippen LogP contribution in [0.25, 0.3) is 0 Å². The van der Waals surface area contributed by atoms with Gasteiger partial charge in [0.1, 0.15) is 0 Å². The summed E-state index contributed by atoms with van der Waals surface area (Å²) >= 11 is 0. The van der Waals surface area contributed by atoms with E-state index in [9.17, 15) is 13.2 Å². The molecule has 0 bridgehead atoms. The van der Waals surface area contributed by atoms with Crippen molar-refractivity contribution in [1.29, 1.82) is 0 Å². The Kier molecular flexibility index (Phi) is 4.78. The summed E-state index contributed by atoms with van der Waals surface area (Å²) in [6.07, 6.45) is 3.46. The zero-order valence-electron chi connectivity index (χ0n) is 15.5. The van der Waals surface area contributed by atoms with Gasteiger partial charge in [-0.15, -0.1) is 0 Å². The molecule has 2 heterocycles. The minimum atomic E-state index is -3.44. The van der Waals surface area contributed by atoms with E-state index < -0.39 is 10.0 Å². The zero-order valence-corrected chi connectivity index (χ0v) is 16.3. The van der Waals surface area contributed by atoms with E-state index in [-0.39, 0.29) is 5.91 Å². The molecule has 2 aromatic carbocycles. The van der Waals surface area contributed by atoms with Crippen LogP contribution in [0.2, 0.25) is 0 Å². The largest absolute Gasteiger partial charge is 0.308 e. The number of carbonyl (C=O) groups is 1. The molecule has 0 spiro atoms. The number of fused-ring (bicyclic) bond motifs is 1. The average molecular weight is 385 g/mol. The summed E-state index contributed by atoms with van der Waals surface area (Å²) in [7, 11) is -3.44. The number of nitrogens with zero attached hydrogens (tertiary/aromatic N) is 2. The predicted molar refractivity (Wildman–Crippen MR) is 106 cm³/mol. The first-order valence-corrected chi connectivity index (χ1v) is 10.9. The number of benzene rings is 2. The zero-order chi connectivity index (χ0) is 19.0. The molecule has 0 aromatic heterocycles. The van der Waals surface area contributed by atoms with E-state index in [1.54, 1.807) is 27.4 Å². The van der Waals surface area contributed by atoms with E-state index in [0.29, 0.717) is 30.1 Å². The van der Waals surface area contributed by atoms with Gasteiger partial charge in [-0.3, -0.25) is 4.79 Å². The molecule has 0 unspecified atom stereocenters. The Balaban J connectivity index is 1.68. The molecule has 142 valence electrons. The molecule has 4 rings (SSSR count). The van der Waals surface area contributed by atoms with Crippen molar-refractivity contribution in [2.75, 3.05) is 24.5 Å². The Morgan fingerprint density at radius 2 is 1.70 bits per heavy atom. The van der Waals surface area contributed by atoms with Crippen LogP contribution in [0.1, 0.15) is 40.7 Å². The van der Waals surface area contributed by atoms with Gasteiger partial charge in [0.25, 0.3) is 5.91 Å². The third-order valence-corrected chi connectivity index (χ3v) is 7.39. The van der Waals surface area contributed by atoms with Crippen LogP contribution in [0.4, 0.5) is 5.69 Å². The Hall–Kier alpha value is -2.18. The van der Waals surface area contributed by atoms with Crippen molar-refractivity contribution in [1.82, 2.24) is 4.31 Å². The van der Waals surface area contributed by atoms with Crippen LogP contribution in [0.15, 0.2) is 47.4 Å². The van der Waals surface area contributed by atoms with Crippen molar-refractivity contribution >= 4 is 21.6 Å². The molecule has 2 aliphatic heterocycles. The van der Waals surface area contributed by atoms with Gasteiger partial charge in [-0.25, -0.2) is 8.42 Å². The van der Waals surface area contributed by atoms with Gasteiger partial charge in [-0.1, -0.05) is 18.2 Å². The first kappa shape index (κ1) is 18.2. The van der Waals surface area contributed by atoms with Crippen LogP contribution in [0.5, 0.6) is 0 Å². The number of rotatable bonds is 3. The smallest absolute Gasteiger partial charge is 0.258 e. The van der Waals surface area contributed by atoms with Crippen LogP contribution in [0.3, 0.4) is 0 Å². The van der Waals surface area contributed by atoms with Gasteiger partial charge < -0.3 is 4.90 Å². The van der Waals surface area contributed by atoms with Crippen molar-refractivity contribution in [3.05, 3.63) is 59.2 Å². The molecule has 27 heavy (non-hydrogen) atoms. The van der Waals surface area contributed by atoms with E-state index in [2.05, 4.69) is 0 Å². The Morgan fingerprint density at radius 1 is 0.963 bits per heavy atom. The molecule has 5 nitrogen and oxygen atoms in total. The molecule has 0 radical (unpaired) electrons. The van der Waals surface area contributed by atoms with Crippen molar-refractivity contribution in [2.45, 2.75) is 37.5 Å². The van der Waals surface area contributed by atoms with Crippen LogP contribution in [-0.2, 0) is 16.4 Å². The highest BCUT2D eigenvalue weighted by atomic mass is 32.2. The lowest BCUT2D eigenvalue weighted by atomic mass is 10.00. The van der Waals surface area contributed by atoms with Crippen molar-refractivity contribution < 1.29 is 13.2 Å². The maximum atomic E-state index is 13.1.